The molecule has 6 rings (SSSR count). The monoisotopic (exact) mass is 575 g/mol. The van der Waals surface area contributed by atoms with Crippen molar-refractivity contribution in [2.45, 2.75) is 6.92 Å². The van der Waals surface area contributed by atoms with Gasteiger partial charge in [-0.05, 0) is 31.2 Å². The second-order valence-electron chi connectivity index (χ2n) is 9.21. The summed E-state index contributed by atoms with van der Waals surface area (Å²) in [5.41, 5.74) is 0.784. The number of non-ortho nitro benzene ring substituents is 1. The van der Waals surface area contributed by atoms with Crippen molar-refractivity contribution in [3.8, 4) is 22.6 Å². The van der Waals surface area contributed by atoms with Gasteiger partial charge in [-0.25, -0.2) is 18.9 Å². The number of aromatic nitrogens is 6. The molecule has 0 atom stereocenters. The van der Waals surface area contributed by atoms with Gasteiger partial charge in [0.05, 0.1) is 34.2 Å². The second-order valence-corrected chi connectivity index (χ2v) is 9.21. The minimum Gasteiger partial charge on any atom is -0.461 e. The van der Waals surface area contributed by atoms with Gasteiger partial charge in [0.2, 0.25) is 17.4 Å². The number of para-hydroxylation sites is 1. The van der Waals surface area contributed by atoms with E-state index in [1.807, 2.05) is 36.4 Å². The van der Waals surface area contributed by atoms with E-state index in [0.717, 1.165) is 4.40 Å². The van der Waals surface area contributed by atoms with Gasteiger partial charge in [0.25, 0.3) is 11.2 Å². The van der Waals surface area contributed by atoms with Crippen LogP contribution in [0.4, 0.5) is 5.69 Å². The van der Waals surface area contributed by atoms with Crippen LogP contribution in [0.2, 0.25) is 0 Å². The molecular formula is C30H21N7O6. The first kappa shape index (κ1) is 27.0. The van der Waals surface area contributed by atoms with E-state index in [-0.39, 0.29) is 35.2 Å². The Labute approximate surface area is 242 Å². The molecule has 0 N–H and O–H groups in total. The smallest absolute Gasteiger partial charge is 0.359 e. The molecule has 0 saturated heterocycles. The number of benzene rings is 3. The summed E-state index contributed by atoms with van der Waals surface area (Å²) in [7, 11) is 0. The zero-order chi connectivity index (χ0) is 30.1. The third kappa shape index (κ3) is 4.95. The maximum atomic E-state index is 14.1. The topological polar surface area (TPSA) is 157 Å². The van der Waals surface area contributed by atoms with Crippen molar-refractivity contribution in [1.82, 2.24) is 28.9 Å². The third-order valence-electron chi connectivity index (χ3n) is 6.52. The normalized spacial score (nSPS) is 11.0. The molecule has 0 saturated carbocycles. The van der Waals surface area contributed by atoms with Crippen molar-refractivity contribution in [2.75, 3.05) is 6.61 Å². The quantitative estimate of drug-likeness (QED) is 0.113. The van der Waals surface area contributed by atoms with Gasteiger partial charge in [-0.1, -0.05) is 48.5 Å². The molecule has 0 unspecified atom stereocenters. The molecule has 13 nitrogen and oxygen atoms in total. The number of esters is 1. The van der Waals surface area contributed by atoms with Crippen LogP contribution in [-0.2, 0) is 4.74 Å². The van der Waals surface area contributed by atoms with E-state index < -0.39 is 22.2 Å². The zero-order valence-corrected chi connectivity index (χ0v) is 22.5. The summed E-state index contributed by atoms with van der Waals surface area (Å²) in [6.07, 6.45) is 1.29. The SMILES string of the molecule is CCOC(=O)c1nn(-c2ccc([N+](=O)[O-])cc2)cc1C(=O)c1nn(-c2ccccc2)c2nc(-c3ccccc3)cc(=O)n12. The van der Waals surface area contributed by atoms with E-state index in [0.29, 0.717) is 22.6 Å². The Morgan fingerprint density at radius 2 is 1.58 bits per heavy atom. The van der Waals surface area contributed by atoms with Gasteiger partial charge < -0.3 is 4.74 Å². The number of nitrogens with zero attached hydrogens (tertiary/aromatic N) is 7. The van der Waals surface area contributed by atoms with Crippen molar-refractivity contribution < 1.29 is 19.2 Å². The second kappa shape index (κ2) is 11.0. The molecule has 212 valence electrons. The maximum Gasteiger partial charge on any atom is 0.359 e. The lowest BCUT2D eigenvalue weighted by Gasteiger charge is -2.04. The van der Waals surface area contributed by atoms with Crippen LogP contribution in [0.15, 0.2) is 102 Å². The summed E-state index contributed by atoms with van der Waals surface area (Å²) < 4.78 is 8.84. The summed E-state index contributed by atoms with van der Waals surface area (Å²) >= 11 is 0. The number of ether oxygens (including phenoxy) is 1. The van der Waals surface area contributed by atoms with Crippen LogP contribution < -0.4 is 5.56 Å². The van der Waals surface area contributed by atoms with Crippen LogP contribution in [0.1, 0.15) is 33.6 Å². The number of carbonyl (C=O) groups excluding carboxylic acids is 2. The Kier molecular flexibility index (Phi) is 6.88. The lowest BCUT2D eigenvalue weighted by molar-refractivity contribution is -0.384. The molecule has 0 bridgehead atoms. The Morgan fingerprint density at radius 3 is 2.23 bits per heavy atom. The van der Waals surface area contributed by atoms with E-state index in [1.54, 1.807) is 31.2 Å². The Balaban J connectivity index is 1.54. The number of ketones is 1. The molecule has 13 heteroatoms. The first-order valence-electron chi connectivity index (χ1n) is 13.1. The first-order chi connectivity index (χ1) is 20.9. The molecule has 0 amide bonds. The first-order valence-corrected chi connectivity index (χ1v) is 13.1. The van der Waals surface area contributed by atoms with Crippen LogP contribution in [0.3, 0.4) is 0 Å². The summed E-state index contributed by atoms with van der Waals surface area (Å²) in [5, 5.41) is 19.8. The van der Waals surface area contributed by atoms with Crippen molar-refractivity contribution in [2.24, 2.45) is 0 Å². The number of nitro benzene ring substituents is 1. The highest BCUT2D eigenvalue weighted by atomic mass is 16.6. The number of hydrogen-bond donors (Lipinski definition) is 0. The fourth-order valence-corrected chi connectivity index (χ4v) is 4.51. The lowest BCUT2D eigenvalue weighted by Crippen LogP contribution is -2.20. The van der Waals surface area contributed by atoms with Gasteiger partial charge >= 0.3 is 5.97 Å². The molecule has 0 aliphatic carbocycles. The Morgan fingerprint density at radius 1 is 0.907 bits per heavy atom. The van der Waals surface area contributed by atoms with Crippen LogP contribution in [-0.4, -0.2) is 52.2 Å². The largest absolute Gasteiger partial charge is 0.461 e. The molecule has 6 aromatic rings. The predicted octanol–water partition coefficient (Wildman–Crippen LogP) is 4.05. The summed E-state index contributed by atoms with van der Waals surface area (Å²) in [4.78, 5) is 55.8. The zero-order valence-electron chi connectivity index (χ0n) is 22.5. The molecule has 3 aromatic heterocycles. The summed E-state index contributed by atoms with van der Waals surface area (Å²) in [6, 6.07) is 24.7. The van der Waals surface area contributed by atoms with Gasteiger partial charge in [0.15, 0.2) is 5.69 Å². The number of rotatable bonds is 8. The van der Waals surface area contributed by atoms with E-state index in [4.69, 9.17) is 4.74 Å². The molecule has 0 radical (unpaired) electrons. The summed E-state index contributed by atoms with van der Waals surface area (Å²) in [5.74, 6) is -1.87. The number of nitro groups is 1. The fourth-order valence-electron chi connectivity index (χ4n) is 4.51. The standard InChI is InChI=1S/C30H21N7O6/c1-2-43-29(40)26-23(18-34(32-26)20-13-15-22(16-14-20)37(41)42)27(39)28-33-36(21-11-7-4-8-12-21)30-31-24(17-25(38)35(28)30)19-9-5-3-6-10-19/h3-18H,2H2,1H3. The molecule has 0 aliphatic heterocycles. The predicted molar refractivity (Wildman–Crippen MR) is 154 cm³/mol. The molecule has 3 aromatic carbocycles. The van der Waals surface area contributed by atoms with Crippen molar-refractivity contribution in [1.29, 1.82) is 0 Å². The van der Waals surface area contributed by atoms with Crippen LogP contribution in [0.5, 0.6) is 0 Å². The average Bonchev–Trinajstić information content (AvgIpc) is 3.65. The average molecular weight is 576 g/mol. The highest BCUT2D eigenvalue weighted by molar-refractivity contribution is 6.12. The van der Waals surface area contributed by atoms with Crippen molar-refractivity contribution in [3.63, 3.8) is 0 Å². The van der Waals surface area contributed by atoms with Gasteiger partial charge in [-0.3, -0.25) is 19.7 Å². The van der Waals surface area contributed by atoms with Gasteiger partial charge in [0, 0.05) is 30.0 Å². The van der Waals surface area contributed by atoms with Crippen LogP contribution in [0.25, 0.3) is 28.4 Å². The minimum absolute atomic E-state index is 0.0219. The third-order valence-corrected chi connectivity index (χ3v) is 6.52. The molecular weight excluding hydrogens is 554 g/mol. The molecule has 43 heavy (non-hydrogen) atoms. The summed E-state index contributed by atoms with van der Waals surface area (Å²) in [6.45, 7) is 1.63. The Bertz CT molecular complexity index is 2060. The molecule has 0 aliphatic rings. The van der Waals surface area contributed by atoms with Crippen molar-refractivity contribution in [3.05, 3.63) is 135 Å². The maximum absolute atomic E-state index is 14.1. The highest BCUT2D eigenvalue weighted by Gasteiger charge is 2.30. The van der Waals surface area contributed by atoms with Crippen LogP contribution >= 0.6 is 0 Å². The molecule has 0 spiro atoms. The van der Waals surface area contributed by atoms with Gasteiger partial charge in [0.1, 0.15) is 0 Å². The number of hydrogen-bond acceptors (Lipinski definition) is 9. The Hall–Kier alpha value is -6.24. The van der Waals surface area contributed by atoms with Crippen LogP contribution in [0, 0.1) is 10.1 Å². The number of fused-ring (bicyclic) bond motifs is 1. The van der Waals surface area contributed by atoms with Crippen molar-refractivity contribution >= 4 is 23.2 Å². The van der Waals surface area contributed by atoms with E-state index in [1.165, 1.54) is 45.9 Å². The lowest BCUT2D eigenvalue weighted by atomic mass is 10.1. The number of carbonyl (C=O) groups is 2. The molecule has 0 fully saturated rings. The van der Waals surface area contributed by atoms with E-state index in [9.17, 15) is 24.5 Å². The fraction of sp³-hybridized carbons (Fsp3) is 0.0667. The van der Waals surface area contributed by atoms with E-state index in [2.05, 4.69) is 15.2 Å². The highest BCUT2D eigenvalue weighted by Crippen LogP contribution is 2.22. The minimum atomic E-state index is -0.866. The van der Waals surface area contributed by atoms with Gasteiger partial charge in [-0.15, -0.1) is 5.10 Å². The van der Waals surface area contributed by atoms with E-state index >= 15 is 0 Å². The molecule has 3 heterocycles. The van der Waals surface area contributed by atoms with Gasteiger partial charge in [-0.2, -0.15) is 9.78 Å².